The monoisotopic (exact) mass is 311 g/mol. The van der Waals surface area contributed by atoms with Gasteiger partial charge in [-0.3, -0.25) is 14.0 Å². The first-order chi connectivity index (χ1) is 9.59. The fourth-order valence-electron chi connectivity index (χ4n) is 1.97. The van der Waals surface area contributed by atoms with Crippen LogP contribution in [0.25, 0.3) is 4.96 Å². The van der Waals surface area contributed by atoms with E-state index in [4.69, 9.17) is 5.11 Å². The van der Waals surface area contributed by atoms with Crippen molar-refractivity contribution in [3.8, 4) is 0 Å². The number of carbonyl (C=O) groups is 2. The molecule has 0 spiro atoms. The van der Waals surface area contributed by atoms with Gasteiger partial charge in [0.1, 0.15) is 11.6 Å². The van der Waals surface area contributed by atoms with Gasteiger partial charge in [0.05, 0.1) is 5.88 Å². The quantitative estimate of drug-likeness (QED) is 0.861. The highest BCUT2D eigenvalue weighted by Gasteiger charge is 2.36. The maximum absolute atomic E-state index is 12.3. The van der Waals surface area contributed by atoms with Crippen LogP contribution in [0.15, 0.2) is 22.6 Å². The van der Waals surface area contributed by atoms with Gasteiger partial charge in [-0.05, 0) is 0 Å². The number of thiazole rings is 1. The molecule has 0 saturated carbocycles. The fraction of sp³-hybridized carbons (Fsp3) is 0.273. The van der Waals surface area contributed by atoms with Crippen LogP contribution in [-0.2, 0) is 4.79 Å². The largest absolute Gasteiger partial charge is 0.480 e. The number of fused-ring (bicyclic) bond motifs is 1. The van der Waals surface area contributed by atoms with Gasteiger partial charge in [-0.2, -0.15) is 0 Å². The van der Waals surface area contributed by atoms with Gasteiger partial charge >= 0.3 is 5.97 Å². The number of hydrogen-bond donors (Lipinski definition) is 1. The Morgan fingerprint density at radius 1 is 1.45 bits per heavy atom. The van der Waals surface area contributed by atoms with E-state index in [0.717, 1.165) is 0 Å². The van der Waals surface area contributed by atoms with E-state index in [1.54, 1.807) is 11.6 Å². The Bertz CT molecular complexity index is 753. The highest BCUT2D eigenvalue weighted by Crippen LogP contribution is 2.22. The molecular formula is C11H9N3O4S2. The number of amides is 1. The predicted molar refractivity (Wildman–Crippen MR) is 74.3 cm³/mol. The van der Waals surface area contributed by atoms with Gasteiger partial charge in [0.2, 0.25) is 0 Å². The average molecular weight is 311 g/mol. The van der Waals surface area contributed by atoms with E-state index in [0.29, 0.717) is 10.7 Å². The van der Waals surface area contributed by atoms with Crippen LogP contribution < -0.4 is 5.56 Å². The van der Waals surface area contributed by atoms with Crippen molar-refractivity contribution < 1.29 is 14.7 Å². The minimum Gasteiger partial charge on any atom is -0.480 e. The minimum atomic E-state index is -1.06. The standard InChI is InChI=1S/C11H9N3O4S2/c15-8-6(3-12-11-13(8)1-2-20-11)9(16)14-5-19-4-7(14)10(17)18/h1-3,7H,4-5H2,(H,17,18). The summed E-state index contributed by atoms with van der Waals surface area (Å²) in [6.07, 6.45) is 2.76. The maximum atomic E-state index is 12.3. The number of carboxylic acid groups (broad SMARTS) is 1. The third kappa shape index (κ3) is 1.98. The summed E-state index contributed by atoms with van der Waals surface area (Å²) >= 11 is 2.64. The Labute approximate surface area is 120 Å². The molecule has 9 heteroatoms. The van der Waals surface area contributed by atoms with Crippen molar-refractivity contribution in [2.75, 3.05) is 11.6 Å². The smallest absolute Gasteiger partial charge is 0.327 e. The molecule has 0 aromatic carbocycles. The van der Waals surface area contributed by atoms with Crippen molar-refractivity contribution in [3.05, 3.63) is 33.7 Å². The van der Waals surface area contributed by atoms with E-state index in [1.807, 2.05) is 0 Å². The summed E-state index contributed by atoms with van der Waals surface area (Å²) in [5.74, 6) is -1.05. The van der Waals surface area contributed by atoms with Crippen molar-refractivity contribution in [2.24, 2.45) is 0 Å². The Hall–Kier alpha value is -1.87. The van der Waals surface area contributed by atoms with Crippen molar-refractivity contribution in [1.29, 1.82) is 0 Å². The van der Waals surface area contributed by atoms with Crippen LogP contribution in [0.5, 0.6) is 0 Å². The molecule has 1 aliphatic rings. The molecule has 1 fully saturated rings. The second-order valence-corrected chi connectivity index (χ2v) is 6.03. The average Bonchev–Trinajstić information content (AvgIpc) is 3.07. The highest BCUT2D eigenvalue weighted by atomic mass is 32.2. The lowest BCUT2D eigenvalue weighted by Gasteiger charge is -2.19. The number of hydrogen-bond acceptors (Lipinski definition) is 6. The Morgan fingerprint density at radius 2 is 2.25 bits per heavy atom. The van der Waals surface area contributed by atoms with Gasteiger partial charge < -0.3 is 10.0 Å². The van der Waals surface area contributed by atoms with Crippen molar-refractivity contribution >= 4 is 39.9 Å². The summed E-state index contributed by atoms with van der Waals surface area (Å²) in [5.41, 5.74) is -0.572. The van der Waals surface area contributed by atoms with Crippen LogP contribution >= 0.6 is 23.1 Å². The number of aliphatic carboxylic acids is 1. The summed E-state index contributed by atoms with van der Waals surface area (Å²) in [7, 11) is 0. The predicted octanol–water partition coefficient (Wildman–Crippen LogP) is 0.356. The number of thioether (sulfide) groups is 1. The molecule has 1 unspecified atom stereocenters. The molecule has 0 radical (unpaired) electrons. The minimum absolute atomic E-state index is 0.102. The summed E-state index contributed by atoms with van der Waals surface area (Å²) < 4.78 is 1.29. The van der Waals surface area contributed by atoms with E-state index in [2.05, 4.69) is 4.98 Å². The normalized spacial score (nSPS) is 18.6. The second kappa shape index (κ2) is 4.91. The molecule has 2 aromatic rings. The lowest BCUT2D eigenvalue weighted by atomic mass is 10.2. The number of rotatable bonds is 2. The van der Waals surface area contributed by atoms with Crippen LogP contribution in [0.1, 0.15) is 10.4 Å². The van der Waals surface area contributed by atoms with Crippen LogP contribution in [-0.4, -0.2) is 48.9 Å². The Balaban J connectivity index is 2.02. The van der Waals surface area contributed by atoms with E-state index >= 15 is 0 Å². The summed E-state index contributed by atoms with van der Waals surface area (Å²) in [6.45, 7) is 0. The number of carboxylic acids is 1. The van der Waals surface area contributed by atoms with Crippen LogP contribution in [0.4, 0.5) is 0 Å². The van der Waals surface area contributed by atoms with Crippen molar-refractivity contribution in [1.82, 2.24) is 14.3 Å². The maximum Gasteiger partial charge on any atom is 0.327 e. The zero-order chi connectivity index (χ0) is 14.3. The molecule has 104 valence electrons. The van der Waals surface area contributed by atoms with Gasteiger partial charge in [-0.25, -0.2) is 9.78 Å². The van der Waals surface area contributed by atoms with Gasteiger partial charge in [0.25, 0.3) is 11.5 Å². The molecule has 2 aromatic heterocycles. The van der Waals surface area contributed by atoms with Crippen molar-refractivity contribution in [2.45, 2.75) is 6.04 Å². The second-order valence-electron chi connectivity index (χ2n) is 4.16. The molecule has 1 saturated heterocycles. The molecule has 20 heavy (non-hydrogen) atoms. The summed E-state index contributed by atoms with van der Waals surface area (Å²) in [6, 6.07) is -0.893. The Kier molecular flexibility index (Phi) is 3.22. The van der Waals surface area contributed by atoms with Crippen LogP contribution in [0.2, 0.25) is 0 Å². The van der Waals surface area contributed by atoms with E-state index in [-0.39, 0.29) is 11.4 Å². The number of carbonyl (C=O) groups excluding carboxylic acids is 1. The SMILES string of the molecule is O=C(O)C1CSCN1C(=O)c1cnc2sccn2c1=O. The molecule has 3 rings (SSSR count). The summed E-state index contributed by atoms with van der Waals surface area (Å²) in [5, 5.41) is 10.8. The molecular weight excluding hydrogens is 302 g/mol. The Morgan fingerprint density at radius 3 is 3.00 bits per heavy atom. The fourth-order valence-corrected chi connectivity index (χ4v) is 3.79. The zero-order valence-electron chi connectivity index (χ0n) is 10.1. The van der Waals surface area contributed by atoms with Crippen LogP contribution in [0.3, 0.4) is 0 Å². The first-order valence-electron chi connectivity index (χ1n) is 5.66. The molecule has 0 bridgehead atoms. The van der Waals surface area contributed by atoms with Gasteiger partial charge in [-0.15, -0.1) is 23.1 Å². The lowest BCUT2D eigenvalue weighted by Crippen LogP contribution is -2.43. The highest BCUT2D eigenvalue weighted by molar-refractivity contribution is 7.99. The lowest BCUT2D eigenvalue weighted by molar-refractivity contribution is -0.140. The third-order valence-electron chi connectivity index (χ3n) is 3.00. The van der Waals surface area contributed by atoms with E-state index < -0.39 is 23.5 Å². The zero-order valence-corrected chi connectivity index (χ0v) is 11.7. The molecule has 1 N–H and O–H groups in total. The molecule has 3 heterocycles. The van der Waals surface area contributed by atoms with E-state index in [1.165, 1.54) is 38.6 Å². The van der Waals surface area contributed by atoms with Crippen LogP contribution in [0, 0.1) is 0 Å². The summed E-state index contributed by atoms with van der Waals surface area (Å²) in [4.78, 5) is 41.4. The first kappa shape index (κ1) is 13.1. The van der Waals surface area contributed by atoms with E-state index in [9.17, 15) is 14.4 Å². The molecule has 1 amide bonds. The first-order valence-corrected chi connectivity index (χ1v) is 7.69. The molecule has 7 nitrogen and oxygen atoms in total. The van der Waals surface area contributed by atoms with Gasteiger partial charge in [0, 0.05) is 23.5 Å². The molecule has 1 atom stereocenters. The number of nitrogens with zero attached hydrogens (tertiary/aromatic N) is 3. The third-order valence-corrected chi connectivity index (χ3v) is 4.78. The van der Waals surface area contributed by atoms with Gasteiger partial charge in [0.15, 0.2) is 4.96 Å². The van der Waals surface area contributed by atoms with Gasteiger partial charge in [-0.1, -0.05) is 0 Å². The van der Waals surface area contributed by atoms with Crippen molar-refractivity contribution in [3.63, 3.8) is 0 Å². The number of aromatic nitrogens is 2. The molecule has 1 aliphatic heterocycles. The molecule has 0 aliphatic carbocycles. The topological polar surface area (TPSA) is 92.0 Å².